The summed E-state index contributed by atoms with van der Waals surface area (Å²) in [7, 11) is 0. The number of hydrogen-bond acceptors (Lipinski definition) is 5. The van der Waals surface area contributed by atoms with Crippen molar-refractivity contribution < 1.29 is 4.79 Å². The van der Waals surface area contributed by atoms with Gasteiger partial charge >= 0.3 is 0 Å². The zero-order valence-electron chi connectivity index (χ0n) is 12.9. The van der Waals surface area contributed by atoms with Gasteiger partial charge in [0.1, 0.15) is 0 Å². The molecule has 7 heteroatoms. The van der Waals surface area contributed by atoms with Crippen LogP contribution in [0.3, 0.4) is 0 Å². The van der Waals surface area contributed by atoms with Crippen molar-refractivity contribution in [3.05, 3.63) is 11.9 Å². The largest absolute Gasteiger partial charge is 0.335 e. The fraction of sp³-hybridized carbons (Fsp3) is 0.800. The Morgan fingerprint density at radius 3 is 2.45 bits per heavy atom. The van der Waals surface area contributed by atoms with Crippen LogP contribution in [0.5, 0.6) is 0 Å². The van der Waals surface area contributed by atoms with Crippen LogP contribution in [0.15, 0.2) is 6.20 Å². The second kappa shape index (κ2) is 5.96. The molecule has 1 aliphatic carbocycles. The molecule has 120 valence electrons. The van der Waals surface area contributed by atoms with E-state index >= 15 is 0 Å². The number of nitrogens with one attached hydrogen (secondary N) is 1. The summed E-state index contributed by atoms with van der Waals surface area (Å²) in [6.07, 6.45) is 6.61. The fourth-order valence-electron chi connectivity index (χ4n) is 3.52. The predicted octanol–water partition coefficient (Wildman–Crippen LogP) is 0.123. The van der Waals surface area contributed by atoms with Crippen LogP contribution in [0, 0.1) is 0 Å². The Hall–Kier alpha value is -1.47. The van der Waals surface area contributed by atoms with Crippen LogP contribution in [-0.4, -0.2) is 76.0 Å². The lowest BCUT2D eigenvalue weighted by Crippen LogP contribution is -2.49. The Morgan fingerprint density at radius 2 is 1.77 bits per heavy atom. The molecule has 0 aromatic carbocycles. The van der Waals surface area contributed by atoms with E-state index in [4.69, 9.17) is 0 Å². The monoisotopic (exact) mass is 304 g/mol. The number of piperidine rings is 1. The average molecular weight is 304 g/mol. The summed E-state index contributed by atoms with van der Waals surface area (Å²) >= 11 is 0. The summed E-state index contributed by atoms with van der Waals surface area (Å²) in [6.45, 7) is 5.65. The molecule has 3 fully saturated rings. The SMILES string of the molecule is O=C(c1cn(C2CCNCC2)nn1)N1CCN(C2CC2)CC1. The van der Waals surface area contributed by atoms with Crippen LogP contribution in [0.25, 0.3) is 0 Å². The standard InChI is InChI=1S/C15H24N6O/c22-15(20-9-7-19(8-10-20)12-1-2-12)14-11-21(18-17-14)13-3-5-16-6-4-13/h11-13,16H,1-10H2. The first kappa shape index (κ1) is 14.1. The molecule has 2 aliphatic heterocycles. The van der Waals surface area contributed by atoms with E-state index in [0.717, 1.165) is 58.2 Å². The van der Waals surface area contributed by atoms with Gasteiger partial charge in [-0.15, -0.1) is 5.10 Å². The van der Waals surface area contributed by atoms with Crippen molar-refractivity contribution in [3.8, 4) is 0 Å². The minimum absolute atomic E-state index is 0.0376. The van der Waals surface area contributed by atoms with E-state index in [-0.39, 0.29) is 5.91 Å². The summed E-state index contributed by atoms with van der Waals surface area (Å²) in [5, 5.41) is 11.7. The van der Waals surface area contributed by atoms with Gasteiger partial charge in [-0.05, 0) is 38.8 Å². The molecule has 1 N–H and O–H groups in total. The molecule has 3 heterocycles. The van der Waals surface area contributed by atoms with Gasteiger partial charge in [-0.3, -0.25) is 9.69 Å². The van der Waals surface area contributed by atoms with Gasteiger partial charge in [0.05, 0.1) is 12.2 Å². The highest BCUT2D eigenvalue weighted by atomic mass is 16.2. The Balaban J connectivity index is 1.37. The van der Waals surface area contributed by atoms with Crippen molar-refractivity contribution in [2.75, 3.05) is 39.3 Å². The molecular weight excluding hydrogens is 280 g/mol. The van der Waals surface area contributed by atoms with Crippen LogP contribution in [0.4, 0.5) is 0 Å². The van der Waals surface area contributed by atoms with E-state index in [2.05, 4.69) is 20.5 Å². The summed E-state index contributed by atoms with van der Waals surface area (Å²) in [5.74, 6) is 0.0376. The number of carbonyl (C=O) groups is 1. The Bertz CT molecular complexity index is 526. The maximum atomic E-state index is 12.6. The van der Waals surface area contributed by atoms with Gasteiger partial charge < -0.3 is 10.2 Å². The van der Waals surface area contributed by atoms with Crippen molar-refractivity contribution in [1.29, 1.82) is 0 Å². The minimum Gasteiger partial charge on any atom is -0.335 e. The third-order valence-corrected chi connectivity index (χ3v) is 5.08. The van der Waals surface area contributed by atoms with E-state index in [9.17, 15) is 4.79 Å². The molecule has 1 aromatic rings. The van der Waals surface area contributed by atoms with E-state index in [1.807, 2.05) is 15.8 Å². The van der Waals surface area contributed by atoms with Gasteiger partial charge in [-0.25, -0.2) is 4.68 Å². The third-order valence-electron chi connectivity index (χ3n) is 5.08. The molecule has 0 atom stereocenters. The van der Waals surface area contributed by atoms with Crippen LogP contribution in [0.2, 0.25) is 0 Å². The molecule has 0 unspecified atom stereocenters. The molecule has 0 bridgehead atoms. The number of nitrogens with zero attached hydrogens (tertiary/aromatic N) is 5. The van der Waals surface area contributed by atoms with Gasteiger partial charge in [0.15, 0.2) is 5.69 Å². The van der Waals surface area contributed by atoms with Gasteiger partial charge in [0.25, 0.3) is 5.91 Å². The van der Waals surface area contributed by atoms with Crippen LogP contribution < -0.4 is 5.32 Å². The number of rotatable bonds is 3. The maximum Gasteiger partial charge on any atom is 0.276 e. The van der Waals surface area contributed by atoms with Crippen LogP contribution in [-0.2, 0) is 0 Å². The predicted molar refractivity (Wildman–Crippen MR) is 81.7 cm³/mol. The van der Waals surface area contributed by atoms with Gasteiger partial charge in [-0.1, -0.05) is 5.21 Å². The number of aromatic nitrogens is 3. The van der Waals surface area contributed by atoms with Crippen LogP contribution >= 0.6 is 0 Å². The smallest absolute Gasteiger partial charge is 0.276 e. The summed E-state index contributed by atoms with van der Waals surface area (Å²) in [5.41, 5.74) is 0.499. The molecule has 1 saturated carbocycles. The quantitative estimate of drug-likeness (QED) is 0.859. The van der Waals surface area contributed by atoms with E-state index in [0.29, 0.717) is 11.7 Å². The van der Waals surface area contributed by atoms with E-state index in [1.165, 1.54) is 12.8 Å². The molecule has 0 radical (unpaired) electrons. The molecule has 22 heavy (non-hydrogen) atoms. The first-order valence-corrected chi connectivity index (χ1v) is 8.47. The van der Waals surface area contributed by atoms with Crippen molar-refractivity contribution >= 4 is 5.91 Å². The van der Waals surface area contributed by atoms with E-state index < -0.39 is 0 Å². The molecule has 4 rings (SSSR count). The molecule has 7 nitrogen and oxygen atoms in total. The fourth-order valence-corrected chi connectivity index (χ4v) is 3.52. The number of piperazine rings is 1. The lowest BCUT2D eigenvalue weighted by Gasteiger charge is -2.34. The molecule has 2 saturated heterocycles. The lowest BCUT2D eigenvalue weighted by atomic mass is 10.1. The molecule has 0 spiro atoms. The van der Waals surface area contributed by atoms with Crippen LogP contribution in [0.1, 0.15) is 42.2 Å². The number of hydrogen-bond donors (Lipinski definition) is 1. The van der Waals surface area contributed by atoms with E-state index in [1.54, 1.807) is 0 Å². The highest BCUT2D eigenvalue weighted by Gasteiger charge is 2.33. The third kappa shape index (κ3) is 2.87. The van der Waals surface area contributed by atoms with Crippen molar-refractivity contribution in [3.63, 3.8) is 0 Å². The first-order chi connectivity index (χ1) is 10.8. The maximum absolute atomic E-state index is 12.6. The molecule has 1 aromatic heterocycles. The van der Waals surface area contributed by atoms with Crippen molar-refractivity contribution in [2.45, 2.75) is 37.8 Å². The van der Waals surface area contributed by atoms with Gasteiger partial charge in [0.2, 0.25) is 0 Å². The average Bonchev–Trinajstić information content (AvgIpc) is 3.32. The topological polar surface area (TPSA) is 66.3 Å². The Labute approximate surface area is 130 Å². The van der Waals surface area contributed by atoms with Crippen molar-refractivity contribution in [2.24, 2.45) is 0 Å². The second-order valence-electron chi connectivity index (χ2n) is 6.62. The van der Waals surface area contributed by atoms with Gasteiger partial charge in [-0.2, -0.15) is 0 Å². The Morgan fingerprint density at radius 1 is 1.05 bits per heavy atom. The number of amides is 1. The second-order valence-corrected chi connectivity index (χ2v) is 6.62. The Kier molecular flexibility index (Phi) is 3.83. The zero-order valence-corrected chi connectivity index (χ0v) is 12.9. The molecule has 3 aliphatic rings. The lowest BCUT2D eigenvalue weighted by molar-refractivity contribution is 0.0621. The first-order valence-electron chi connectivity index (χ1n) is 8.47. The summed E-state index contributed by atoms with van der Waals surface area (Å²) in [4.78, 5) is 17.0. The van der Waals surface area contributed by atoms with Crippen molar-refractivity contribution in [1.82, 2.24) is 30.1 Å². The molecular formula is C15H24N6O. The summed E-state index contributed by atoms with van der Waals surface area (Å²) in [6, 6.07) is 1.17. The highest BCUT2D eigenvalue weighted by Crippen LogP contribution is 2.27. The highest BCUT2D eigenvalue weighted by molar-refractivity contribution is 5.92. The molecule has 1 amide bonds. The van der Waals surface area contributed by atoms with Gasteiger partial charge in [0, 0.05) is 32.2 Å². The normalized spacial score (nSPS) is 24.6. The minimum atomic E-state index is 0.0376. The summed E-state index contributed by atoms with van der Waals surface area (Å²) < 4.78 is 1.88. The number of carbonyl (C=O) groups excluding carboxylic acids is 1. The zero-order chi connectivity index (χ0) is 14.9.